The van der Waals surface area contributed by atoms with Gasteiger partial charge in [-0.3, -0.25) is 14.4 Å². The molecule has 8 N–H and O–H groups in total. The Morgan fingerprint density at radius 2 is 1.62 bits per heavy atom. The van der Waals surface area contributed by atoms with Crippen molar-refractivity contribution in [2.45, 2.75) is 51.2 Å². The van der Waals surface area contributed by atoms with Gasteiger partial charge in [-0.1, -0.05) is 26.0 Å². The maximum Gasteiger partial charge on any atom is 0.326 e. The van der Waals surface area contributed by atoms with Crippen LogP contribution in [-0.4, -0.2) is 52.0 Å². The number of hydrogen-bond acceptors (Lipinski definition) is 6. The molecule has 0 saturated carbocycles. The number of rotatable bonds is 11. The highest BCUT2D eigenvalue weighted by Crippen LogP contribution is 2.11. The average molecular weight is 408 g/mol. The molecular formula is C19H28N4O6. The molecule has 0 radical (unpaired) electrons. The zero-order valence-electron chi connectivity index (χ0n) is 16.4. The van der Waals surface area contributed by atoms with E-state index in [1.807, 2.05) is 0 Å². The Kier molecular flexibility index (Phi) is 9.07. The van der Waals surface area contributed by atoms with E-state index in [0.29, 0.717) is 5.56 Å². The van der Waals surface area contributed by atoms with Crippen LogP contribution in [0.4, 0.5) is 0 Å². The van der Waals surface area contributed by atoms with Gasteiger partial charge >= 0.3 is 5.97 Å². The largest absolute Gasteiger partial charge is 0.508 e. The lowest BCUT2D eigenvalue weighted by atomic mass is 10.0. The molecule has 1 rings (SSSR count). The van der Waals surface area contributed by atoms with Crippen LogP contribution in [-0.2, 0) is 25.6 Å². The Bertz CT molecular complexity index is 735. The molecular weight excluding hydrogens is 380 g/mol. The van der Waals surface area contributed by atoms with Gasteiger partial charge in [0.25, 0.3) is 0 Å². The van der Waals surface area contributed by atoms with Crippen molar-refractivity contribution in [2.75, 3.05) is 0 Å². The van der Waals surface area contributed by atoms with E-state index >= 15 is 0 Å². The van der Waals surface area contributed by atoms with Crippen LogP contribution in [0.5, 0.6) is 5.75 Å². The van der Waals surface area contributed by atoms with E-state index in [1.165, 1.54) is 12.1 Å². The second-order valence-corrected chi connectivity index (χ2v) is 7.11. The number of carboxylic acids is 1. The molecule has 160 valence electrons. The van der Waals surface area contributed by atoms with Crippen LogP contribution >= 0.6 is 0 Å². The fourth-order valence-electron chi connectivity index (χ4n) is 2.58. The van der Waals surface area contributed by atoms with Crippen molar-refractivity contribution < 1.29 is 29.4 Å². The van der Waals surface area contributed by atoms with Gasteiger partial charge in [-0.15, -0.1) is 0 Å². The molecule has 1 aromatic rings. The van der Waals surface area contributed by atoms with Gasteiger partial charge in [-0.2, -0.15) is 0 Å². The van der Waals surface area contributed by atoms with Gasteiger partial charge < -0.3 is 32.3 Å². The highest BCUT2D eigenvalue weighted by Gasteiger charge is 2.29. The van der Waals surface area contributed by atoms with E-state index in [2.05, 4.69) is 10.6 Å². The number of phenols is 1. The number of carbonyl (C=O) groups excluding carboxylic acids is 3. The number of benzene rings is 1. The number of phenolic OH excluding ortho intramolecular Hbond substituents is 1. The molecule has 0 saturated heterocycles. The summed E-state index contributed by atoms with van der Waals surface area (Å²) in [5.74, 6) is -3.56. The molecule has 0 bridgehead atoms. The molecule has 0 aliphatic carbocycles. The molecule has 10 nitrogen and oxygen atoms in total. The van der Waals surface area contributed by atoms with Gasteiger partial charge in [0.2, 0.25) is 17.7 Å². The first-order valence-corrected chi connectivity index (χ1v) is 9.16. The first-order valence-electron chi connectivity index (χ1n) is 9.16. The van der Waals surface area contributed by atoms with E-state index in [4.69, 9.17) is 11.5 Å². The van der Waals surface area contributed by atoms with Crippen LogP contribution in [0.15, 0.2) is 24.3 Å². The van der Waals surface area contributed by atoms with Crippen molar-refractivity contribution in [3.63, 3.8) is 0 Å². The molecule has 0 fully saturated rings. The maximum absolute atomic E-state index is 12.5. The summed E-state index contributed by atoms with van der Waals surface area (Å²) >= 11 is 0. The van der Waals surface area contributed by atoms with E-state index in [1.54, 1.807) is 26.0 Å². The number of carboxylic acid groups (broad SMARTS) is 1. The van der Waals surface area contributed by atoms with Crippen molar-refractivity contribution in [2.24, 2.45) is 17.4 Å². The summed E-state index contributed by atoms with van der Waals surface area (Å²) in [6.45, 7) is 3.26. The second kappa shape index (κ2) is 11.0. The van der Waals surface area contributed by atoms with Gasteiger partial charge in [-0.05, 0) is 36.5 Å². The van der Waals surface area contributed by atoms with Gasteiger partial charge in [0.05, 0.1) is 6.04 Å². The predicted molar refractivity (Wildman–Crippen MR) is 105 cm³/mol. The minimum Gasteiger partial charge on any atom is -0.508 e. The van der Waals surface area contributed by atoms with E-state index in [0.717, 1.165) is 0 Å². The van der Waals surface area contributed by atoms with Crippen molar-refractivity contribution in [1.29, 1.82) is 0 Å². The van der Waals surface area contributed by atoms with Crippen molar-refractivity contribution in [3.8, 4) is 5.75 Å². The molecule has 0 spiro atoms. The molecule has 3 atom stereocenters. The van der Waals surface area contributed by atoms with Crippen LogP contribution in [0, 0.1) is 5.92 Å². The third-order valence-corrected chi connectivity index (χ3v) is 4.27. The smallest absolute Gasteiger partial charge is 0.326 e. The predicted octanol–water partition coefficient (Wildman–Crippen LogP) is -0.762. The number of nitrogens with one attached hydrogen (secondary N) is 2. The highest BCUT2D eigenvalue weighted by atomic mass is 16.4. The molecule has 3 amide bonds. The standard InChI is InChI=1S/C19H28N4O6/c1-10(2)16(19(28)29)23-18(27)14(7-8-15(21)25)22-17(26)13(20)9-11-3-5-12(24)6-4-11/h3-6,10,13-14,16,24H,7-9,20H2,1-2H3,(H2,21,25)(H,22,26)(H,23,27)(H,28,29). The lowest BCUT2D eigenvalue weighted by Crippen LogP contribution is -2.55. The molecule has 3 unspecified atom stereocenters. The molecule has 0 aliphatic heterocycles. The summed E-state index contributed by atoms with van der Waals surface area (Å²) < 4.78 is 0. The van der Waals surface area contributed by atoms with Gasteiger partial charge in [-0.25, -0.2) is 4.79 Å². The van der Waals surface area contributed by atoms with E-state index in [-0.39, 0.29) is 30.9 Å². The topological polar surface area (TPSA) is 185 Å². The summed E-state index contributed by atoms with van der Waals surface area (Å²) in [6.07, 6.45) is -0.117. The van der Waals surface area contributed by atoms with Crippen molar-refractivity contribution in [3.05, 3.63) is 29.8 Å². The Balaban J connectivity index is 2.83. The summed E-state index contributed by atoms with van der Waals surface area (Å²) in [7, 11) is 0. The Labute approximate surface area is 168 Å². The number of hydrogen-bond donors (Lipinski definition) is 6. The van der Waals surface area contributed by atoms with Crippen LogP contribution in [0.25, 0.3) is 0 Å². The number of aromatic hydroxyl groups is 1. The Hall–Kier alpha value is -3.14. The molecule has 1 aromatic carbocycles. The zero-order chi connectivity index (χ0) is 22.1. The lowest BCUT2D eigenvalue weighted by Gasteiger charge is -2.24. The van der Waals surface area contributed by atoms with Gasteiger partial charge in [0.1, 0.15) is 17.8 Å². The van der Waals surface area contributed by atoms with Crippen LogP contribution < -0.4 is 22.1 Å². The van der Waals surface area contributed by atoms with Crippen molar-refractivity contribution >= 4 is 23.7 Å². The number of amides is 3. The molecule has 0 aliphatic rings. The number of aliphatic carboxylic acids is 1. The number of primary amides is 1. The third-order valence-electron chi connectivity index (χ3n) is 4.27. The molecule has 29 heavy (non-hydrogen) atoms. The van der Waals surface area contributed by atoms with Gasteiger partial charge in [0, 0.05) is 6.42 Å². The minimum atomic E-state index is -1.21. The summed E-state index contributed by atoms with van der Waals surface area (Å²) in [4.78, 5) is 47.3. The van der Waals surface area contributed by atoms with Crippen LogP contribution in [0.3, 0.4) is 0 Å². The highest BCUT2D eigenvalue weighted by molar-refractivity contribution is 5.92. The fraction of sp³-hybridized carbons (Fsp3) is 0.474. The van der Waals surface area contributed by atoms with E-state index < -0.39 is 41.8 Å². The van der Waals surface area contributed by atoms with E-state index in [9.17, 15) is 29.4 Å². The molecule has 10 heteroatoms. The van der Waals surface area contributed by atoms with Gasteiger partial charge in [0.15, 0.2) is 0 Å². The van der Waals surface area contributed by atoms with Crippen LogP contribution in [0.2, 0.25) is 0 Å². The SMILES string of the molecule is CC(C)C(NC(=O)C(CCC(N)=O)NC(=O)C(N)Cc1ccc(O)cc1)C(=O)O. The first-order chi connectivity index (χ1) is 13.5. The Morgan fingerprint density at radius 3 is 2.10 bits per heavy atom. The monoisotopic (exact) mass is 408 g/mol. The lowest BCUT2D eigenvalue weighted by molar-refractivity contribution is -0.143. The quantitative estimate of drug-likeness (QED) is 0.278. The first kappa shape index (κ1) is 23.9. The third kappa shape index (κ3) is 8.18. The van der Waals surface area contributed by atoms with Crippen LogP contribution in [0.1, 0.15) is 32.3 Å². The molecule has 0 aromatic heterocycles. The van der Waals surface area contributed by atoms with Crippen molar-refractivity contribution in [1.82, 2.24) is 10.6 Å². The number of carbonyl (C=O) groups is 4. The zero-order valence-corrected chi connectivity index (χ0v) is 16.4. The number of nitrogens with two attached hydrogens (primary N) is 2. The molecule has 0 heterocycles. The summed E-state index contributed by atoms with van der Waals surface area (Å²) in [6, 6.07) is 2.83. The minimum absolute atomic E-state index is 0.0769. The normalized spacial score (nSPS) is 13.9. The maximum atomic E-state index is 12.5. The fourth-order valence-corrected chi connectivity index (χ4v) is 2.58. The average Bonchev–Trinajstić information content (AvgIpc) is 2.63. The Morgan fingerprint density at radius 1 is 1.03 bits per heavy atom. The second-order valence-electron chi connectivity index (χ2n) is 7.11. The summed E-state index contributed by atoms with van der Waals surface area (Å²) in [5, 5.41) is 23.4. The summed E-state index contributed by atoms with van der Waals surface area (Å²) in [5.41, 5.74) is 11.7.